The standard InChI is InChI=1S/C6H3ClF3NO2S/c7-14(12,13)4-2-1-3-11-5(4)6(8,9)10/h1-3H. The molecular weight excluding hydrogens is 243 g/mol. The summed E-state index contributed by atoms with van der Waals surface area (Å²) in [5.74, 6) is 0. The van der Waals surface area contributed by atoms with E-state index in [0.717, 1.165) is 18.3 Å². The molecule has 0 aliphatic heterocycles. The van der Waals surface area contributed by atoms with E-state index in [9.17, 15) is 21.6 Å². The Kier molecular flexibility index (Phi) is 2.73. The Labute approximate surface area is 81.9 Å². The second-order valence-corrected chi connectivity index (χ2v) is 4.82. The van der Waals surface area contributed by atoms with Crippen molar-refractivity contribution in [1.82, 2.24) is 4.98 Å². The molecule has 8 heteroatoms. The van der Waals surface area contributed by atoms with Crippen LogP contribution in [-0.2, 0) is 15.2 Å². The van der Waals surface area contributed by atoms with E-state index >= 15 is 0 Å². The van der Waals surface area contributed by atoms with Gasteiger partial charge in [0.05, 0.1) is 0 Å². The normalized spacial score (nSPS) is 12.9. The van der Waals surface area contributed by atoms with Crippen molar-refractivity contribution >= 4 is 19.7 Å². The van der Waals surface area contributed by atoms with Gasteiger partial charge in [-0.25, -0.2) is 8.42 Å². The summed E-state index contributed by atoms with van der Waals surface area (Å²) in [6, 6.07) is 1.81. The molecular formula is C6H3ClF3NO2S. The summed E-state index contributed by atoms with van der Waals surface area (Å²) in [6.45, 7) is 0. The monoisotopic (exact) mass is 245 g/mol. The van der Waals surface area contributed by atoms with Gasteiger partial charge in [-0.1, -0.05) is 0 Å². The Morgan fingerprint density at radius 1 is 1.36 bits per heavy atom. The van der Waals surface area contributed by atoms with Gasteiger partial charge in [-0.05, 0) is 12.1 Å². The zero-order chi connectivity index (χ0) is 11.0. The van der Waals surface area contributed by atoms with Crippen LogP contribution in [0.25, 0.3) is 0 Å². The molecule has 0 N–H and O–H groups in total. The summed E-state index contributed by atoms with van der Waals surface area (Å²) < 4.78 is 58.0. The molecule has 0 bridgehead atoms. The van der Waals surface area contributed by atoms with Crippen molar-refractivity contribution in [2.45, 2.75) is 11.1 Å². The SMILES string of the molecule is O=S(=O)(Cl)c1cccnc1C(F)(F)F. The number of alkyl halides is 3. The van der Waals surface area contributed by atoms with E-state index in [1.807, 2.05) is 0 Å². The summed E-state index contributed by atoms with van der Waals surface area (Å²) in [5.41, 5.74) is -1.50. The maximum Gasteiger partial charge on any atom is 0.434 e. The van der Waals surface area contributed by atoms with Crippen LogP contribution in [0.2, 0.25) is 0 Å². The van der Waals surface area contributed by atoms with E-state index in [-0.39, 0.29) is 0 Å². The fraction of sp³-hybridized carbons (Fsp3) is 0.167. The maximum atomic E-state index is 12.2. The highest BCUT2D eigenvalue weighted by atomic mass is 35.7. The third kappa shape index (κ3) is 2.36. The third-order valence-electron chi connectivity index (χ3n) is 1.30. The molecule has 1 heterocycles. The molecule has 0 aromatic carbocycles. The van der Waals surface area contributed by atoms with E-state index in [2.05, 4.69) is 4.98 Å². The topological polar surface area (TPSA) is 47.0 Å². The Balaban J connectivity index is 3.47. The molecule has 0 aliphatic rings. The lowest BCUT2D eigenvalue weighted by Gasteiger charge is -2.08. The molecule has 0 saturated heterocycles. The van der Waals surface area contributed by atoms with Gasteiger partial charge in [-0.15, -0.1) is 0 Å². The number of rotatable bonds is 1. The minimum atomic E-state index is -4.83. The van der Waals surface area contributed by atoms with E-state index in [1.54, 1.807) is 0 Å². The number of hydrogen-bond donors (Lipinski definition) is 0. The summed E-state index contributed by atoms with van der Waals surface area (Å²) in [7, 11) is 0.375. The van der Waals surface area contributed by atoms with Crippen molar-refractivity contribution in [3.63, 3.8) is 0 Å². The second kappa shape index (κ2) is 3.39. The molecule has 1 rings (SSSR count). The average Bonchev–Trinajstić information content (AvgIpc) is 2.01. The molecule has 0 aliphatic carbocycles. The van der Waals surface area contributed by atoms with Gasteiger partial charge in [0.1, 0.15) is 4.90 Å². The first-order chi connectivity index (χ1) is 6.23. The van der Waals surface area contributed by atoms with Crippen LogP contribution in [0.4, 0.5) is 13.2 Å². The smallest absolute Gasteiger partial charge is 0.250 e. The van der Waals surface area contributed by atoms with Crippen molar-refractivity contribution in [2.75, 3.05) is 0 Å². The summed E-state index contributed by atoms with van der Waals surface area (Å²) in [4.78, 5) is 1.89. The van der Waals surface area contributed by atoms with Gasteiger partial charge in [0, 0.05) is 16.9 Å². The van der Waals surface area contributed by atoms with E-state index in [0.29, 0.717) is 0 Å². The Hall–Kier alpha value is -0.820. The number of pyridine rings is 1. The first kappa shape index (κ1) is 11.3. The van der Waals surface area contributed by atoms with Gasteiger partial charge in [0.15, 0.2) is 5.69 Å². The summed E-state index contributed by atoms with van der Waals surface area (Å²) >= 11 is 0. The predicted octanol–water partition coefficient (Wildman–Crippen LogP) is 2.03. The van der Waals surface area contributed by atoms with E-state index in [4.69, 9.17) is 10.7 Å². The van der Waals surface area contributed by atoms with Crippen LogP contribution in [0.5, 0.6) is 0 Å². The lowest BCUT2D eigenvalue weighted by Crippen LogP contribution is -2.12. The van der Waals surface area contributed by atoms with Crippen LogP contribution in [0.3, 0.4) is 0 Å². The summed E-state index contributed by atoms with van der Waals surface area (Å²) in [5, 5.41) is 0. The number of nitrogens with zero attached hydrogens (tertiary/aromatic N) is 1. The zero-order valence-electron chi connectivity index (χ0n) is 6.42. The molecule has 1 aromatic heterocycles. The molecule has 0 spiro atoms. The highest BCUT2D eigenvalue weighted by Gasteiger charge is 2.38. The van der Waals surface area contributed by atoms with Crippen molar-refractivity contribution in [1.29, 1.82) is 0 Å². The molecule has 0 radical (unpaired) electrons. The van der Waals surface area contributed by atoms with Crippen molar-refractivity contribution in [3.05, 3.63) is 24.0 Å². The fourth-order valence-corrected chi connectivity index (χ4v) is 1.81. The molecule has 0 fully saturated rings. The number of halogens is 4. The molecule has 3 nitrogen and oxygen atoms in total. The second-order valence-electron chi connectivity index (χ2n) is 2.29. The maximum absolute atomic E-state index is 12.2. The number of aromatic nitrogens is 1. The minimum absolute atomic E-state index is 0.748. The number of hydrogen-bond acceptors (Lipinski definition) is 3. The van der Waals surface area contributed by atoms with Crippen LogP contribution < -0.4 is 0 Å². The fourth-order valence-electron chi connectivity index (χ4n) is 0.800. The molecule has 0 saturated carbocycles. The largest absolute Gasteiger partial charge is 0.434 e. The molecule has 0 unspecified atom stereocenters. The highest BCUT2D eigenvalue weighted by Crippen LogP contribution is 2.33. The van der Waals surface area contributed by atoms with Gasteiger partial charge in [-0.2, -0.15) is 13.2 Å². The summed E-state index contributed by atoms with van der Waals surface area (Å²) in [6.07, 6.45) is -3.99. The van der Waals surface area contributed by atoms with E-state index < -0.39 is 25.8 Å². The molecule has 14 heavy (non-hydrogen) atoms. The van der Waals surface area contributed by atoms with Crippen LogP contribution in [0.1, 0.15) is 5.69 Å². The Morgan fingerprint density at radius 3 is 2.29 bits per heavy atom. The first-order valence-corrected chi connectivity index (χ1v) is 5.51. The molecule has 1 aromatic rings. The average molecular weight is 246 g/mol. The van der Waals surface area contributed by atoms with Gasteiger partial charge in [0.25, 0.3) is 9.05 Å². The van der Waals surface area contributed by atoms with Crippen molar-refractivity contribution in [2.24, 2.45) is 0 Å². The van der Waals surface area contributed by atoms with Crippen LogP contribution in [0, 0.1) is 0 Å². The Bertz CT molecular complexity index is 443. The lowest BCUT2D eigenvalue weighted by atomic mass is 10.3. The molecule has 0 atom stereocenters. The van der Waals surface area contributed by atoms with Gasteiger partial charge in [-0.3, -0.25) is 4.98 Å². The van der Waals surface area contributed by atoms with E-state index in [1.165, 1.54) is 0 Å². The Morgan fingerprint density at radius 2 is 1.93 bits per heavy atom. The van der Waals surface area contributed by atoms with Crippen LogP contribution in [0.15, 0.2) is 23.2 Å². The first-order valence-electron chi connectivity index (χ1n) is 3.20. The van der Waals surface area contributed by atoms with Crippen molar-refractivity contribution < 1.29 is 21.6 Å². The van der Waals surface area contributed by atoms with Crippen molar-refractivity contribution in [3.8, 4) is 0 Å². The third-order valence-corrected chi connectivity index (χ3v) is 2.66. The van der Waals surface area contributed by atoms with Gasteiger partial charge in [0.2, 0.25) is 0 Å². The van der Waals surface area contributed by atoms with Gasteiger partial charge < -0.3 is 0 Å². The van der Waals surface area contributed by atoms with Crippen LogP contribution >= 0.6 is 10.7 Å². The quantitative estimate of drug-likeness (QED) is 0.711. The zero-order valence-corrected chi connectivity index (χ0v) is 7.99. The molecule has 0 amide bonds. The van der Waals surface area contributed by atoms with Crippen LogP contribution in [-0.4, -0.2) is 13.4 Å². The van der Waals surface area contributed by atoms with Gasteiger partial charge >= 0.3 is 6.18 Å². The predicted molar refractivity (Wildman–Crippen MR) is 42.3 cm³/mol. The minimum Gasteiger partial charge on any atom is -0.250 e. The lowest BCUT2D eigenvalue weighted by molar-refractivity contribution is -0.143. The molecule has 78 valence electrons. The highest BCUT2D eigenvalue weighted by molar-refractivity contribution is 8.13.